The van der Waals surface area contributed by atoms with Crippen LogP contribution in [0.2, 0.25) is 0 Å². The van der Waals surface area contributed by atoms with Crippen LogP contribution in [0, 0.1) is 22.9 Å². The average Bonchev–Trinajstić information content (AvgIpc) is 2.71. The first-order valence-electron chi connectivity index (χ1n) is 8.55. The Morgan fingerprint density at radius 2 is 1.79 bits per heavy atom. The largest absolute Gasteiger partial charge is 0.360 e. The molecule has 0 atom stereocenters. The second-order valence-electron chi connectivity index (χ2n) is 6.07. The smallest absolute Gasteiger partial charge is 0.354 e. The van der Waals surface area contributed by atoms with E-state index in [1.165, 1.54) is 18.2 Å². The number of halogens is 1. The Bertz CT molecular complexity index is 1040. The highest BCUT2D eigenvalue weighted by Gasteiger charge is 2.23. The van der Waals surface area contributed by atoms with E-state index in [9.17, 15) is 19.3 Å². The van der Waals surface area contributed by atoms with Gasteiger partial charge in [-0.2, -0.15) is 0 Å². The van der Waals surface area contributed by atoms with Gasteiger partial charge in [-0.05, 0) is 24.6 Å². The van der Waals surface area contributed by atoms with Crippen molar-refractivity contribution in [3.63, 3.8) is 0 Å². The van der Waals surface area contributed by atoms with Crippen LogP contribution in [0.5, 0.6) is 0 Å². The van der Waals surface area contributed by atoms with Crippen molar-refractivity contribution < 1.29 is 14.1 Å². The first kappa shape index (κ1) is 19.7. The average molecular weight is 396 g/mol. The minimum Gasteiger partial charge on any atom is -0.360 e. The number of carbonyl (C=O) groups excluding carboxylic acids is 1. The van der Waals surface area contributed by atoms with Gasteiger partial charge in [0.1, 0.15) is 12.1 Å². The van der Waals surface area contributed by atoms with Gasteiger partial charge >= 0.3 is 5.69 Å². The second kappa shape index (κ2) is 8.74. The van der Waals surface area contributed by atoms with Gasteiger partial charge in [-0.1, -0.05) is 42.0 Å². The van der Waals surface area contributed by atoms with E-state index in [1.807, 2.05) is 31.2 Å². The number of hydrogen-bond donors (Lipinski definition) is 3. The summed E-state index contributed by atoms with van der Waals surface area (Å²) in [6.07, 6.45) is 1.11. The summed E-state index contributed by atoms with van der Waals surface area (Å²) in [7, 11) is 0. The monoisotopic (exact) mass is 396 g/mol. The van der Waals surface area contributed by atoms with Crippen molar-refractivity contribution in [2.45, 2.75) is 13.5 Å². The molecular formula is C19H17FN6O3. The number of anilines is 2. The van der Waals surface area contributed by atoms with Crippen LogP contribution >= 0.6 is 0 Å². The van der Waals surface area contributed by atoms with Gasteiger partial charge < -0.3 is 5.32 Å². The van der Waals surface area contributed by atoms with Gasteiger partial charge in [-0.3, -0.25) is 25.8 Å². The number of aryl methyl sites for hydroxylation is 1. The molecule has 0 aliphatic rings. The molecule has 1 amide bonds. The van der Waals surface area contributed by atoms with Crippen LogP contribution in [-0.4, -0.2) is 20.8 Å². The minimum atomic E-state index is -0.801. The molecule has 0 radical (unpaired) electrons. The predicted octanol–water partition coefficient (Wildman–Crippen LogP) is 3.20. The highest BCUT2D eigenvalue weighted by atomic mass is 19.1. The Morgan fingerprint density at radius 3 is 2.48 bits per heavy atom. The van der Waals surface area contributed by atoms with Crippen LogP contribution in [-0.2, 0) is 6.54 Å². The summed E-state index contributed by atoms with van der Waals surface area (Å²) in [5.41, 5.74) is 5.91. The first-order chi connectivity index (χ1) is 14.0. The molecule has 10 heteroatoms. The molecule has 3 N–H and O–H groups in total. The standard InChI is InChI=1S/C19H17FN6O3/c1-12-6-8-13(9-7-12)10-21-17-16(26(28)29)18(23-11-22-17)24-25-19(27)14-4-2-3-5-15(14)20/h2-9,11H,10H2,1H3,(H,25,27)(H2,21,22,23,24). The summed E-state index contributed by atoms with van der Waals surface area (Å²) in [6.45, 7) is 2.26. The number of nitro groups is 1. The van der Waals surface area contributed by atoms with E-state index in [2.05, 4.69) is 26.1 Å². The van der Waals surface area contributed by atoms with E-state index in [0.717, 1.165) is 23.5 Å². The van der Waals surface area contributed by atoms with Crippen LogP contribution in [0.4, 0.5) is 21.7 Å². The van der Waals surface area contributed by atoms with Gasteiger partial charge in [0, 0.05) is 6.54 Å². The van der Waals surface area contributed by atoms with Crippen molar-refractivity contribution in [3.05, 3.63) is 87.5 Å². The highest BCUT2D eigenvalue weighted by molar-refractivity contribution is 5.95. The first-order valence-corrected chi connectivity index (χ1v) is 8.55. The molecule has 29 heavy (non-hydrogen) atoms. The lowest BCUT2D eigenvalue weighted by atomic mass is 10.1. The molecule has 0 aliphatic carbocycles. The number of nitrogens with one attached hydrogen (secondary N) is 3. The summed E-state index contributed by atoms with van der Waals surface area (Å²) in [6, 6.07) is 13.0. The zero-order chi connectivity index (χ0) is 20.8. The zero-order valence-corrected chi connectivity index (χ0v) is 15.3. The zero-order valence-electron chi connectivity index (χ0n) is 15.3. The number of hydrogen-bond acceptors (Lipinski definition) is 7. The predicted molar refractivity (Wildman–Crippen MR) is 105 cm³/mol. The number of rotatable bonds is 7. The molecule has 148 valence electrons. The Morgan fingerprint density at radius 1 is 1.10 bits per heavy atom. The molecule has 3 aromatic rings. The van der Waals surface area contributed by atoms with E-state index in [4.69, 9.17) is 0 Å². The molecule has 0 saturated carbocycles. The molecule has 0 aliphatic heterocycles. The summed E-state index contributed by atoms with van der Waals surface area (Å²) in [4.78, 5) is 30.7. The Kier molecular flexibility index (Phi) is 5.93. The van der Waals surface area contributed by atoms with E-state index >= 15 is 0 Å². The van der Waals surface area contributed by atoms with Crippen molar-refractivity contribution in [1.82, 2.24) is 15.4 Å². The maximum atomic E-state index is 13.7. The van der Waals surface area contributed by atoms with Crippen LogP contribution < -0.4 is 16.2 Å². The van der Waals surface area contributed by atoms with E-state index < -0.39 is 22.3 Å². The molecule has 2 aromatic carbocycles. The lowest BCUT2D eigenvalue weighted by Crippen LogP contribution is -2.31. The van der Waals surface area contributed by atoms with Crippen LogP contribution in [0.3, 0.4) is 0 Å². The van der Waals surface area contributed by atoms with Crippen molar-refractivity contribution >= 4 is 23.2 Å². The fourth-order valence-corrected chi connectivity index (χ4v) is 2.49. The Hall–Kier alpha value is -4.08. The fraction of sp³-hybridized carbons (Fsp3) is 0.105. The maximum Gasteiger partial charge on any atom is 0.354 e. The number of benzene rings is 2. The van der Waals surface area contributed by atoms with E-state index in [1.54, 1.807) is 0 Å². The third-order valence-electron chi connectivity index (χ3n) is 4.00. The SMILES string of the molecule is Cc1ccc(CNc2ncnc(NNC(=O)c3ccccc3F)c2[N+](=O)[O-])cc1. The minimum absolute atomic E-state index is 0.0202. The van der Waals surface area contributed by atoms with Crippen molar-refractivity contribution in [3.8, 4) is 0 Å². The molecule has 0 spiro atoms. The van der Waals surface area contributed by atoms with Gasteiger partial charge in [0.15, 0.2) is 0 Å². The lowest BCUT2D eigenvalue weighted by molar-refractivity contribution is -0.383. The van der Waals surface area contributed by atoms with E-state index in [0.29, 0.717) is 6.54 Å². The molecule has 9 nitrogen and oxygen atoms in total. The van der Waals surface area contributed by atoms with Crippen molar-refractivity contribution in [2.24, 2.45) is 0 Å². The van der Waals surface area contributed by atoms with Crippen LogP contribution in [0.15, 0.2) is 54.9 Å². The number of hydrazine groups is 1. The third-order valence-corrected chi connectivity index (χ3v) is 4.00. The number of aromatic nitrogens is 2. The van der Waals surface area contributed by atoms with Crippen molar-refractivity contribution in [1.29, 1.82) is 0 Å². The summed E-state index contributed by atoms with van der Waals surface area (Å²) < 4.78 is 13.7. The Labute approximate surface area is 165 Å². The van der Waals surface area contributed by atoms with Crippen LogP contribution in [0.25, 0.3) is 0 Å². The maximum absolute atomic E-state index is 13.7. The molecule has 0 fully saturated rings. The third kappa shape index (κ3) is 4.80. The molecular weight excluding hydrogens is 379 g/mol. The van der Waals surface area contributed by atoms with Gasteiger partial charge in [0.25, 0.3) is 5.91 Å². The second-order valence-corrected chi connectivity index (χ2v) is 6.07. The van der Waals surface area contributed by atoms with Crippen LogP contribution in [0.1, 0.15) is 21.5 Å². The van der Waals surface area contributed by atoms with Gasteiger partial charge in [0.2, 0.25) is 11.6 Å². The lowest BCUT2D eigenvalue weighted by Gasteiger charge is -2.11. The number of carbonyl (C=O) groups is 1. The molecule has 0 saturated heterocycles. The Balaban J connectivity index is 1.76. The topological polar surface area (TPSA) is 122 Å². The molecule has 1 heterocycles. The summed E-state index contributed by atoms with van der Waals surface area (Å²) >= 11 is 0. The number of nitrogens with zero attached hydrogens (tertiary/aromatic N) is 3. The number of amides is 1. The van der Waals surface area contributed by atoms with Gasteiger partial charge in [0.05, 0.1) is 10.5 Å². The van der Waals surface area contributed by atoms with Crippen molar-refractivity contribution in [2.75, 3.05) is 10.7 Å². The van der Waals surface area contributed by atoms with Gasteiger partial charge in [-0.15, -0.1) is 0 Å². The quantitative estimate of drug-likeness (QED) is 0.414. The summed E-state index contributed by atoms with van der Waals surface area (Å²) in [5, 5.41) is 14.4. The molecule has 3 rings (SSSR count). The normalized spacial score (nSPS) is 10.3. The molecule has 0 unspecified atom stereocenters. The van der Waals surface area contributed by atoms with Gasteiger partial charge in [-0.25, -0.2) is 14.4 Å². The highest BCUT2D eigenvalue weighted by Crippen LogP contribution is 2.28. The van der Waals surface area contributed by atoms with E-state index in [-0.39, 0.29) is 17.2 Å². The summed E-state index contributed by atoms with van der Waals surface area (Å²) in [5.74, 6) is -1.77. The molecule has 0 bridgehead atoms. The molecule has 1 aromatic heterocycles. The fourth-order valence-electron chi connectivity index (χ4n) is 2.49.